The standard InChI is InChI=1S/C14H12FN3/c1-9-7-10(2)18-14(16-9)8-13(17-18)11-3-5-12(15)6-4-11/h3-8H,1-2H3. The van der Waals surface area contributed by atoms with Crippen LogP contribution in [0.3, 0.4) is 0 Å². The number of aryl methyl sites for hydroxylation is 2. The van der Waals surface area contributed by atoms with Crippen molar-refractivity contribution in [3.05, 3.63) is 53.6 Å². The maximum atomic E-state index is 12.9. The quantitative estimate of drug-likeness (QED) is 0.655. The summed E-state index contributed by atoms with van der Waals surface area (Å²) < 4.78 is 14.7. The molecule has 0 unspecified atom stereocenters. The predicted octanol–water partition coefficient (Wildman–Crippen LogP) is 3.15. The van der Waals surface area contributed by atoms with Gasteiger partial charge in [-0.3, -0.25) is 0 Å². The minimum Gasteiger partial charge on any atom is -0.234 e. The molecule has 3 rings (SSSR count). The summed E-state index contributed by atoms with van der Waals surface area (Å²) in [4.78, 5) is 4.43. The molecule has 18 heavy (non-hydrogen) atoms. The fourth-order valence-corrected chi connectivity index (χ4v) is 2.05. The largest absolute Gasteiger partial charge is 0.234 e. The number of nitrogens with zero attached hydrogens (tertiary/aromatic N) is 3. The highest BCUT2D eigenvalue weighted by atomic mass is 19.1. The van der Waals surface area contributed by atoms with E-state index in [1.165, 1.54) is 12.1 Å². The Kier molecular flexibility index (Phi) is 2.37. The predicted molar refractivity (Wildman–Crippen MR) is 67.9 cm³/mol. The molecule has 3 aromatic rings. The molecule has 0 aliphatic carbocycles. The smallest absolute Gasteiger partial charge is 0.156 e. The van der Waals surface area contributed by atoms with Crippen molar-refractivity contribution < 1.29 is 4.39 Å². The topological polar surface area (TPSA) is 30.2 Å². The molecule has 2 aromatic heterocycles. The molecule has 90 valence electrons. The van der Waals surface area contributed by atoms with E-state index in [4.69, 9.17) is 0 Å². The molecule has 0 saturated carbocycles. The van der Waals surface area contributed by atoms with Gasteiger partial charge in [0.15, 0.2) is 5.65 Å². The van der Waals surface area contributed by atoms with Crippen LogP contribution >= 0.6 is 0 Å². The normalized spacial score (nSPS) is 11.1. The van der Waals surface area contributed by atoms with Gasteiger partial charge in [-0.2, -0.15) is 5.10 Å². The van der Waals surface area contributed by atoms with Crippen molar-refractivity contribution in [1.82, 2.24) is 14.6 Å². The summed E-state index contributed by atoms with van der Waals surface area (Å²) >= 11 is 0. The molecular formula is C14H12FN3. The first-order valence-corrected chi connectivity index (χ1v) is 5.73. The van der Waals surface area contributed by atoms with Gasteiger partial charge in [-0.1, -0.05) is 0 Å². The number of hydrogen-bond donors (Lipinski definition) is 0. The number of aromatic nitrogens is 3. The molecule has 0 amide bonds. The van der Waals surface area contributed by atoms with Gasteiger partial charge in [0.25, 0.3) is 0 Å². The molecule has 2 heterocycles. The highest BCUT2D eigenvalue weighted by molar-refractivity contribution is 5.64. The fraction of sp³-hybridized carbons (Fsp3) is 0.143. The Hall–Kier alpha value is -2.23. The van der Waals surface area contributed by atoms with E-state index in [9.17, 15) is 4.39 Å². The van der Waals surface area contributed by atoms with Crippen LogP contribution in [0.1, 0.15) is 11.4 Å². The van der Waals surface area contributed by atoms with Gasteiger partial charge in [0, 0.05) is 23.0 Å². The fourth-order valence-electron chi connectivity index (χ4n) is 2.05. The summed E-state index contributed by atoms with van der Waals surface area (Å²) in [5, 5.41) is 4.48. The molecule has 0 aliphatic heterocycles. The maximum Gasteiger partial charge on any atom is 0.156 e. The van der Waals surface area contributed by atoms with Gasteiger partial charge < -0.3 is 0 Å². The third-order valence-corrected chi connectivity index (χ3v) is 2.87. The molecule has 0 atom stereocenters. The second kappa shape index (κ2) is 3.91. The first-order chi connectivity index (χ1) is 8.63. The molecule has 0 saturated heterocycles. The Morgan fingerprint density at radius 2 is 1.78 bits per heavy atom. The second-order valence-corrected chi connectivity index (χ2v) is 4.35. The van der Waals surface area contributed by atoms with E-state index in [-0.39, 0.29) is 5.82 Å². The molecule has 0 bridgehead atoms. The average molecular weight is 241 g/mol. The van der Waals surface area contributed by atoms with E-state index >= 15 is 0 Å². The van der Waals surface area contributed by atoms with Gasteiger partial charge in [-0.05, 0) is 44.2 Å². The average Bonchev–Trinajstić information content (AvgIpc) is 2.74. The van der Waals surface area contributed by atoms with Crippen molar-refractivity contribution in [3.63, 3.8) is 0 Å². The maximum absolute atomic E-state index is 12.9. The van der Waals surface area contributed by atoms with Gasteiger partial charge in [-0.25, -0.2) is 13.9 Å². The van der Waals surface area contributed by atoms with Crippen LogP contribution in [-0.4, -0.2) is 14.6 Å². The van der Waals surface area contributed by atoms with Crippen LogP contribution < -0.4 is 0 Å². The molecule has 0 aliphatic rings. The lowest BCUT2D eigenvalue weighted by atomic mass is 10.1. The van der Waals surface area contributed by atoms with Gasteiger partial charge in [0.1, 0.15) is 5.82 Å². The summed E-state index contributed by atoms with van der Waals surface area (Å²) in [5.41, 5.74) is 4.50. The first kappa shape index (κ1) is 10.9. The van der Waals surface area contributed by atoms with Gasteiger partial charge in [-0.15, -0.1) is 0 Å². The minimum absolute atomic E-state index is 0.243. The van der Waals surface area contributed by atoms with E-state index < -0.39 is 0 Å². The number of fused-ring (bicyclic) bond motifs is 1. The Labute approximate surface area is 104 Å². The number of rotatable bonds is 1. The van der Waals surface area contributed by atoms with Crippen molar-refractivity contribution in [3.8, 4) is 11.3 Å². The van der Waals surface area contributed by atoms with Crippen molar-refractivity contribution >= 4 is 5.65 Å². The Balaban J connectivity index is 2.19. The van der Waals surface area contributed by atoms with Crippen LogP contribution in [0.2, 0.25) is 0 Å². The monoisotopic (exact) mass is 241 g/mol. The minimum atomic E-state index is -0.243. The molecule has 0 radical (unpaired) electrons. The molecule has 0 N–H and O–H groups in total. The van der Waals surface area contributed by atoms with Crippen LogP contribution in [0.4, 0.5) is 4.39 Å². The highest BCUT2D eigenvalue weighted by Crippen LogP contribution is 2.20. The summed E-state index contributed by atoms with van der Waals surface area (Å²) in [5.74, 6) is -0.243. The van der Waals surface area contributed by atoms with Crippen LogP contribution in [0.15, 0.2) is 36.4 Å². The Morgan fingerprint density at radius 1 is 1.06 bits per heavy atom. The van der Waals surface area contributed by atoms with E-state index in [2.05, 4.69) is 10.1 Å². The third-order valence-electron chi connectivity index (χ3n) is 2.87. The van der Waals surface area contributed by atoms with E-state index in [0.717, 1.165) is 28.3 Å². The number of hydrogen-bond acceptors (Lipinski definition) is 2. The summed E-state index contributed by atoms with van der Waals surface area (Å²) in [7, 11) is 0. The van der Waals surface area contributed by atoms with Crippen LogP contribution in [0.5, 0.6) is 0 Å². The third kappa shape index (κ3) is 1.76. The Morgan fingerprint density at radius 3 is 2.50 bits per heavy atom. The molecule has 0 spiro atoms. The molecule has 0 fully saturated rings. The van der Waals surface area contributed by atoms with E-state index in [0.29, 0.717) is 0 Å². The van der Waals surface area contributed by atoms with Gasteiger partial charge >= 0.3 is 0 Å². The summed E-state index contributed by atoms with van der Waals surface area (Å²) in [6, 6.07) is 10.2. The molecular weight excluding hydrogens is 229 g/mol. The van der Waals surface area contributed by atoms with Crippen LogP contribution in [0.25, 0.3) is 16.9 Å². The van der Waals surface area contributed by atoms with Crippen molar-refractivity contribution in [1.29, 1.82) is 0 Å². The van der Waals surface area contributed by atoms with Crippen molar-refractivity contribution in [2.24, 2.45) is 0 Å². The lowest BCUT2D eigenvalue weighted by molar-refractivity contribution is 0.628. The molecule has 1 aromatic carbocycles. The highest BCUT2D eigenvalue weighted by Gasteiger charge is 2.07. The van der Waals surface area contributed by atoms with Gasteiger partial charge in [0.2, 0.25) is 0 Å². The summed E-state index contributed by atoms with van der Waals surface area (Å²) in [6.07, 6.45) is 0. The lowest BCUT2D eigenvalue weighted by Gasteiger charge is -1.99. The number of benzene rings is 1. The molecule has 3 nitrogen and oxygen atoms in total. The van der Waals surface area contributed by atoms with Crippen LogP contribution in [-0.2, 0) is 0 Å². The Bertz CT molecular complexity index is 714. The van der Waals surface area contributed by atoms with Gasteiger partial charge in [0.05, 0.1) is 5.69 Å². The SMILES string of the molecule is Cc1cc(C)n2nc(-c3ccc(F)cc3)cc2n1. The van der Waals surface area contributed by atoms with E-state index in [1.54, 1.807) is 16.6 Å². The van der Waals surface area contributed by atoms with Crippen LogP contribution in [0, 0.1) is 19.7 Å². The zero-order valence-corrected chi connectivity index (χ0v) is 10.2. The van der Waals surface area contributed by atoms with Crippen molar-refractivity contribution in [2.75, 3.05) is 0 Å². The zero-order valence-electron chi connectivity index (χ0n) is 10.2. The number of halogens is 1. The second-order valence-electron chi connectivity index (χ2n) is 4.35. The van der Waals surface area contributed by atoms with Crippen molar-refractivity contribution in [2.45, 2.75) is 13.8 Å². The van der Waals surface area contributed by atoms with E-state index in [1.807, 2.05) is 26.0 Å². The zero-order chi connectivity index (χ0) is 12.7. The lowest BCUT2D eigenvalue weighted by Crippen LogP contribution is -1.96. The molecule has 4 heteroatoms. The summed E-state index contributed by atoms with van der Waals surface area (Å²) in [6.45, 7) is 3.95. The first-order valence-electron chi connectivity index (χ1n) is 5.73.